The molecule has 0 heterocycles. The van der Waals surface area contributed by atoms with Crippen LogP contribution in [0.4, 0.5) is 5.69 Å². The summed E-state index contributed by atoms with van der Waals surface area (Å²) in [4.78, 5) is 11.6. The Bertz CT molecular complexity index is 599. The number of hydrogen-bond donors (Lipinski definition) is 0. The van der Waals surface area contributed by atoms with Gasteiger partial charge in [-0.2, -0.15) is 0 Å². The van der Waals surface area contributed by atoms with Gasteiger partial charge in [0.25, 0.3) is 5.69 Å². The quantitative estimate of drug-likeness (QED) is 0.450. The van der Waals surface area contributed by atoms with E-state index in [0.717, 1.165) is 10.5 Å². The SMILES string of the molecule is Cc1ccc(SCc2cccc([N+](=O)[O-])c2Br)cc1. The molecule has 2 aromatic rings. The normalized spacial score (nSPS) is 10.4. The van der Waals surface area contributed by atoms with Gasteiger partial charge in [0.1, 0.15) is 0 Å². The molecule has 98 valence electrons. The van der Waals surface area contributed by atoms with Gasteiger partial charge in [-0.3, -0.25) is 10.1 Å². The molecule has 0 aliphatic rings. The van der Waals surface area contributed by atoms with E-state index in [-0.39, 0.29) is 10.6 Å². The molecule has 3 nitrogen and oxygen atoms in total. The molecule has 2 aromatic carbocycles. The zero-order valence-electron chi connectivity index (χ0n) is 10.3. The molecule has 0 amide bonds. The number of rotatable bonds is 4. The van der Waals surface area contributed by atoms with Gasteiger partial charge in [-0.25, -0.2) is 0 Å². The lowest BCUT2D eigenvalue weighted by molar-refractivity contribution is -0.385. The minimum atomic E-state index is -0.371. The van der Waals surface area contributed by atoms with E-state index >= 15 is 0 Å². The van der Waals surface area contributed by atoms with E-state index in [0.29, 0.717) is 10.2 Å². The van der Waals surface area contributed by atoms with E-state index in [1.807, 2.05) is 13.0 Å². The second kappa shape index (κ2) is 6.21. The van der Waals surface area contributed by atoms with Crippen LogP contribution >= 0.6 is 27.7 Å². The predicted molar refractivity (Wildman–Crippen MR) is 81.5 cm³/mol. The Kier molecular flexibility index (Phi) is 4.61. The first-order valence-electron chi connectivity index (χ1n) is 5.69. The second-order valence-electron chi connectivity index (χ2n) is 4.11. The number of thioether (sulfide) groups is 1. The molecule has 0 saturated carbocycles. The van der Waals surface area contributed by atoms with Crippen LogP contribution in [0.15, 0.2) is 51.8 Å². The molecule has 5 heteroatoms. The summed E-state index contributed by atoms with van der Waals surface area (Å²) in [6.45, 7) is 2.05. The van der Waals surface area contributed by atoms with Crippen molar-refractivity contribution in [2.45, 2.75) is 17.6 Å². The maximum Gasteiger partial charge on any atom is 0.283 e. The van der Waals surface area contributed by atoms with Crippen molar-refractivity contribution in [3.8, 4) is 0 Å². The van der Waals surface area contributed by atoms with Crippen LogP contribution in [0.3, 0.4) is 0 Å². The molecule has 0 spiro atoms. The molecule has 0 N–H and O–H groups in total. The van der Waals surface area contributed by atoms with Gasteiger partial charge in [-0.1, -0.05) is 29.8 Å². The van der Waals surface area contributed by atoms with Gasteiger partial charge in [0.15, 0.2) is 0 Å². The molecule has 2 rings (SSSR count). The molecule has 0 aromatic heterocycles. The van der Waals surface area contributed by atoms with Crippen molar-refractivity contribution in [1.29, 1.82) is 0 Å². The fraction of sp³-hybridized carbons (Fsp3) is 0.143. The summed E-state index contributed by atoms with van der Waals surface area (Å²) in [5, 5.41) is 10.9. The van der Waals surface area contributed by atoms with Gasteiger partial charge in [0.2, 0.25) is 0 Å². The topological polar surface area (TPSA) is 43.1 Å². The molecule has 0 radical (unpaired) electrons. The van der Waals surface area contributed by atoms with Crippen LogP contribution in [0, 0.1) is 17.0 Å². The zero-order valence-corrected chi connectivity index (χ0v) is 12.7. The van der Waals surface area contributed by atoms with E-state index in [1.54, 1.807) is 17.8 Å². The number of halogens is 1. The van der Waals surface area contributed by atoms with Crippen molar-refractivity contribution >= 4 is 33.4 Å². The lowest BCUT2D eigenvalue weighted by Gasteiger charge is -2.05. The first kappa shape index (κ1) is 14.1. The highest BCUT2D eigenvalue weighted by molar-refractivity contribution is 9.10. The molecular formula is C14H12BrNO2S. The van der Waals surface area contributed by atoms with Gasteiger partial charge < -0.3 is 0 Å². The van der Waals surface area contributed by atoms with E-state index < -0.39 is 0 Å². The molecule has 0 bridgehead atoms. The van der Waals surface area contributed by atoms with Gasteiger partial charge in [-0.15, -0.1) is 11.8 Å². The molecule has 0 aliphatic heterocycles. The fourth-order valence-corrected chi connectivity index (χ4v) is 3.24. The third kappa shape index (κ3) is 3.58. The summed E-state index contributed by atoms with van der Waals surface area (Å²) in [6, 6.07) is 13.4. The molecule has 0 aliphatic carbocycles. The van der Waals surface area contributed by atoms with Crippen molar-refractivity contribution in [2.24, 2.45) is 0 Å². The predicted octanol–water partition coefficient (Wildman–Crippen LogP) is 4.96. The number of nitro benzene ring substituents is 1. The van der Waals surface area contributed by atoms with E-state index in [9.17, 15) is 10.1 Å². The number of hydrogen-bond acceptors (Lipinski definition) is 3. The average molecular weight is 338 g/mol. The van der Waals surface area contributed by atoms with Gasteiger partial charge in [0, 0.05) is 16.7 Å². The number of nitro groups is 1. The Morgan fingerprint density at radius 2 is 1.89 bits per heavy atom. The molecule has 19 heavy (non-hydrogen) atoms. The maximum atomic E-state index is 10.9. The third-order valence-electron chi connectivity index (χ3n) is 2.67. The van der Waals surface area contributed by atoms with E-state index in [4.69, 9.17) is 0 Å². The van der Waals surface area contributed by atoms with Crippen molar-refractivity contribution < 1.29 is 4.92 Å². The zero-order chi connectivity index (χ0) is 13.8. The Morgan fingerprint density at radius 1 is 1.21 bits per heavy atom. The van der Waals surface area contributed by atoms with Crippen LogP contribution in [-0.4, -0.2) is 4.92 Å². The number of nitrogens with zero attached hydrogens (tertiary/aromatic N) is 1. The van der Waals surface area contributed by atoms with Crippen LogP contribution in [0.25, 0.3) is 0 Å². The van der Waals surface area contributed by atoms with Gasteiger partial charge >= 0.3 is 0 Å². The second-order valence-corrected chi connectivity index (χ2v) is 5.95. The maximum absolute atomic E-state index is 10.9. The Morgan fingerprint density at radius 3 is 2.53 bits per heavy atom. The smallest absolute Gasteiger partial charge is 0.258 e. The third-order valence-corrected chi connectivity index (χ3v) is 4.65. The lowest BCUT2D eigenvalue weighted by atomic mass is 10.2. The Labute approximate surface area is 124 Å². The number of benzene rings is 2. The fourth-order valence-electron chi connectivity index (χ4n) is 1.61. The standard InChI is InChI=1S/C14H12BrNO2S/c1-10-5-7-12(8-6-10)19-9-11-3-2-4-13(14(11)15)16(17)18/h2-8H,9H2,1H3. The minimum absolute atomic E-state index is 0.113. The summed E-state index contributed by atoms with van der Waals surface area (Å²) >= 11 is 4.98. The Hall–Kier alpha value is -1.33. The van der Waals surface area contributed by atoms with Crippen molar-refractivity contribution in [1.82, 2.24) is 0 Å². The van der Waals surface area contributed by atoms with Crippen molar-refractivity contribution in [2.75, 3.05) is 0 Å². The van der Waals surface area contributed by atoms with Crippen molar-refractivity contribution in [3.05, 3.63) is 68.2 Å². The van der Waals surface area contributed by atoms with Crippen LogP contribution in [0.2, 0.25) is 0 Å². The molecule has 0 unspecified atom stereocenters. The molecule has 0 atom stereocenters. The van der Waals surface area contributed by atoms with Gasteiger partial charge in [0.05, 0.1) is 9.40 Å². The van der Waals surface area contributed by atoms with Gasteiger partial charge in [-0.05, 0) is 40.5 Å². The lowest BCUT2D eigenvalue weighted by Crippen LogP contribution is -1.92. The van der Waals surface area contributed by atoms with E-state index in [1.165, 1.54) is 11.6 Å². The number of aryl methyl sites for hydroxylation is 1. The summed E-state index contributed by atoms with van der Waals surface area (Å²) < 4.78 is 0.569. The van der Waals surface area contributed by atoms with Crippen molar-refractivity contribution in [3.63, 3.8) is 0 Å². The van der Waals surface area contributed by atoms with Crippen LogP contribution in [0.1, 0.15) is 11.1 Å². The van der Waals surface area contributed by atoms with E-state index in [2.05, 4.69) is 40.2 Å². The molecule has 0 fully saturated rings. The minimum Gasteiger partial charge on any atom is -0.258 e. The summed E-state index contributed by atoms with van der Waals surface area (Å²) in [6.07, 6.45) is 0. The van der Waals surface area contributed by atoms with Crippen LogP contribution in [-0.2, 0) is 5.75 Å². The molecular weight excluding hydrogens is 326 g/mol. The monoisotopic (exact) mass is 337 g/mol. The summed E-state index contributed by atoms with van der Waals surface area (Å²) in [5.41, 5.74) is 2.27. The highest BCUT2D eigenvalue weighted by Crippen LogP contribution is 2.32. The first-order chi connectivity index (χ1) is 9.08. The van der Waals surface area contributed by atoms with Crippen LogP contribution in [0.5, 0.6) is 0 Å². The first-order valence-corrected chi connectivity index (χ1v) is 7.47. The average Bonchev–Trinajstić information content (AvgIpc) is 2.39. The summed E-state index contributed by atoms with van der Waals surface area (Å²) in [5.74, 6) is 0.700. The summed E-state index contributed by atoms with van der Waals surface area (Å²) in [7, 11) is 0. The highest BCUT2D eigenvalue weighted by atomic mass is 79.9. The molecule has 0 saturated heterocycles. The highest BCUT2D eigenvalue weighted by Gasteiger charge is 2.14. The van der Waals surface area contributed by atoms with Crippen LogP contribution < -0.4 is 0 Å². The largest absolute Gasteiger partial charge is 0.283 e. The Balaban J connectivity index is 2.13.